The molecule has 0 radical (unpaired) electrons. The van der Waals surface area contributed by atoms with Gasteiger partial charge in [0.1, 0.15) is 0 Å². The van der Waals surface area contributed by atoms with E-state index in [4.69, 9.17) is 14.2 Å². The molecular weight excluding hydrogens is 463 g/mol. The minimum atomic E-state index is -1.75. The monoisotopic (exact) mass is 500 g/mol. The van der Waals surface area contributed by atoms with Gasteiger partial charge in [-0.2, -0.15) is 0 Å². The van der Waals surface area contributed by atoms with E-state index in [0.29, 0.717) is 0 Å². The average Bonchev–Trinajstić information content (AvgIpc) is 3.28. The number of benzene rings is 1. The molecule has 0 saturated heterocycles. The van der Waals surface area contributed by atoms with Gasteiger partial charge < -0.3 is 0 Å². The summed E-state index contributed by atoms with van der Waals surface area (Å²) in [6, 6.07) is 10.4. The maximum atomic E-state index is 13.3. The summed E-state index contributed by atoms with van der Waals surface area (Å²) < 4.78 is 18.3. The van der Waals surface area contributed by atoms with Gasteiger partial charge in [-0.1, -0.05) is 0 Å². The Kier molecular flexibility index (Phi) is 8.00. The van der Waals surface area contributed by atoms with E-state index in [9.17, 15) is 9.59 Å². The van der Waals surface area contributed by atoms with Crippen LogP contribution in [0.5, 0.6) is 0 Å². The molecule has 5 nitrogen and oxygen atoms in total. The first-order chi connectivity index (χ1) is 13.9. The predicted octanol–water partition coefficient (Wildman–Crippen LogP) is 3.47. The molecule has 168 valence electrons. The van der Waals surface area contributed by atoms with E-state index >= 15 is 0 Å². The van der Waals surface area contributed by atoms with Crippen molar-refractivity contribution in [2.24, 2.45) is 17.3 Å². The van der Waals surface area contributed by atoms with Crippen molar-refractivity contribution in [1.29, 1.82) is 0 Å². The Morgan fingerprint density at radius 3 is 2.23 bits per heavy atom. The van der Waals surface area contributed by atoms with E-state index in [1.807, 2.05) is 39.0 Å². The van der Waals surface area contributed by atoms with Gasteiger partial charge in [-0.3, -0.25) is 0 Å². The molecule has 1 aromatic rings. The zero-order chi connectivity index (χ0) is 22.7. The van der Waals surface area contributed by atoms with Crippen molar-refractivity contribution in [3.05, 3.63) is 30.3 Å². The fourth-order valence-corrected chi connectivity index (χ4v) is 11.4. The molecule has 4 atom stereocenters. The van der Waals surface area contributed by atoms with Crippen molar-refractivity contribution in [3.8, 4) is 0 Å². The summed E-state index contributed by atoms with van der Waals surface area (Å²) in [6.45, 7) is 14.8. The molecule has 1 aliphatic carbocycles. The molecule has 0 N–H and O–H groups in total. The molecule has 30 heavy (non-hydrogen) atoms. The first-order valence-corrected chi connectivity index (χ1v) is 15.9. The van der Waals surface area contributed by atoms with Crippen LogP contribution in [0.4, 0.5) is 0 Å². The van der Waals surface area contributed by atoms with Gasteiger partial charge in [-0.15, -0.1) is 0 Å². The van der Waals surface area contributed by atoms with Crippen LogP contribution in [0, 0.1) is 17.3 Å². The summed E-state index contributed by atoms with van der Waals surface area (Å²) in [5, 5.41) is 0. The van der Waals surface area contributed by atoms with Gasteiger partial charge in [0.25, 0.3) is 0 Å². The van der Waals surface area contributed by atoms with E-state index in [1.165, 1.54) is 4.46 Å². The van der Waals surface area contributed by atoms with Crippen LogP contribution in [0.2, 0.25) is 24.1 Å². The number of ether oxygens (including phenoxy) is 3. The molecule has 1 aliphatic rings. The van der Waals surface area contributed by atoms with E-state index < -0.39 is 25.0 Å². The summed E-state index contributed by atoms with van der Waals surface area (Å²) >= 11 is 0.124. The SMILES string of the molecule is CCOC(=O)[C@]1(COC)[C@H]([C@H]([Se]c2ccccc2)[Si](C)(C)C)[C@@H]1C(=O)OC(C)(C)C. The third-order valence-corrected chi connectivity index (χ3v) is 14.7. The summed E-state index contributed by atoms with van der Waals surface area (Å²) in [4.78, 5) is 26.5. The minimum absolute atomic E-state index is 0.124. The first-order valence-electron chi connectivity index (χ1n) is 10.5. The molecule has 7 heteroatoms. The zero-order valence-electron chi connectivity index (χ0n) is 19.5. The van der Waals surface area contributed by atoms with Crippen molar-refractivity contribution in [1.82, 2.24) is 0 Å². The Labute approximate surface area is 188 Å². The molecule has 1 aromatic carbocycles. The van der Waals surface area contributed by atoms with Crippen LogP contribution >= 0.6 is 0 Å². The van der Waals surface area contributed by atoms with Gasteiger partial charge >= 0.3 is 189 Å². The van der Waals surface area contributed by atoms with Gasteiger partial charge in [0, 0.05) is 0 Å². The third-order valence-electron chi connectivity index (χ3n) is 5.29. The molecule has 0 unspecified atom stereocenters. The fourth-order valence-electron chi connectivity index (χ4n) is 4.08. The number of hydrogen-bond acceptors (Lipinski definition) is 5. The number of rotatable bonds is 9. The molecule has 0 amide bonds. The number of methoxy groups -OCH3 is 1. The summed E-state index contributed by atoms with van der Waals surface area (Å²) in [5.41, 5.74) is -1.58. The molecule has 0 aliphatic heterocycles. The normalized spacial score (nSPS) is 24.8. The zero-order valence-corrected chi connectivity index (χ0v) is 22.2. The molecule has 1 fully saturated rings. The van der Waals surface area contributed by atoms with Crippen LogP contribution in [0.3, 0.4) is 0 Å². The van der Waals surface area contributed by atoms with Gasteiger partial charge in [-0.05, 0) is 0 Å². The van der Waals surface area contributed by atoms with Crippen molar-refractivity contribution < 1.29 is 23.8 Å². The number of hydrogen-bond donors (Lipinski definition) is 0. The van der Waals surface area contributed by atoms with Crippen molar-refractivity contribution >= 4 is 39.4 Å². The van der Waals surface area contributed by atoms with E-state index in [2.05, 4.69) is 31.8 Å². The third kappa shape index (κ3) is 5.55. The Morgan fingerprint density at radius 1 is 1.17 bits per heavy atom. The van der Waals surface area contributed by atoms with Gasteiger partial charge in [0.05, 0.1) is 0 Å². The molecule has 0 spiro atoms. The van der Waals surface area contributed by atoms with E-state index in [0.717, 1.165) is 0 Å². The molecule has 0 aromatic heterocycles. The van der Waals surface area contributed by atoms with Gasteiger partial charge in [0.15, 0.2) is 0 Å². The topological polar surface area (TPSA) is 61.8 Å². The van der Waals surface area contributed by atoms with Crippen LogP contribution in [0.1, 0.15) is 27.7 Å². The second kappa shape index (κ2) is 9.55. The van der Waals surface area contributed by atoms with Crippen molar-refractivity contribution in [2.75, 3.05) is 20.3 Å². The number of carbonyl (C=O) groups excluding carboxylic acids is 2. The van der Waals surface area contributed by atoms with E-state index in [1.54, 1.807) is 14.0 Å². The Morgan fingerprint density at radius 2 is 1.77 bits per heavy atom. The molecule has 2 rings (SSSR count). The number of carbonyl (C=O) groups is 2. The Bertz CT molecular complexity index is 740. The molecule has 0 bridgehead atoms. The molecule has 0 heterocycles. The van der Waals surface area contributed by atoms with Crippen LogP contribution in [-0.2, 0) is 23.8 Å². The molecule has 1 saturated carbocycles. The molecular formula is C23H36O5SeSi. The average molecular weight is 500 g/mol. The van der Waals surface area contributed by atoms with Crippen LogP contribution < -0.4 is 4.46 Å². The Balaban J connectivity index is 2.50. The van der Waals surface area contributed by atoms with Crippen molar-refractivity contribution in [3.63, 3.8) is 0 Å². The van der Waals surface area contributed by atoms with Crippen molar-refractivity contribution in [2.45, 2.75) is 57.4 Å². The summed E-state index contributed by atoms with van der Waals surface area (Å²) in [7, 11) is -0.169. The second-order valence-electron chi connectivity index (χ2n) is 9.95. The van der Waals surface area contributed by atoms with Crippen LogP contribution in [-0.4, -0.2) is 60.9 Å². The van der Waals surface area contributed by atoms with Crippen LogP contribution in [0.25, 0.3) is 0 Å². The second-order valence-corrected chi connectivity index (χ2v) is 18.8. The van der Waals surface area contributed by atoms with Gasteiger partial charge in [0.2, 0.25) is 0 Å². The van der Waals surface area contributed by atoms with E-state index in [-0.39, 0.29) is 50.5 Å². The first kappa shape index (κ1) is 25.1. The van der Waals surface area contributed by atoms with Gasteiger partial charge in [-0.25, -0.2) is 0 Å². The quantitative estimate of drug-likeness (QED) is 0.385. The predicted molar refractivity (Wildman–Crippen MR) is 123 cm³/mol. The fraction of sp³-hybridized carbons (Fsp3) is 0.652. The Hall–Kier alpha value is -1.14. The summed E-state index contributed by atoms with van der Waals surface area (Å²) in [6.07, 6.45) is 0. The standard InChI is InChI=1S/C23H36O5SeSi/c1-9-27-21(25)23(15-26-5)17(19(24)28-22(2,3)4)18(23)20(30(6,7)8)29-16-13-11-10-12-14-16/h10-14,17-18,20H,9,15H2,1-8H3/t17-,18+,20-,23+/m1/s1. The number of esters is 2. The van der Waals surface area contributed by atoms with Crippen LogP contribution in [0.15, 0.2) is 30.3 Å². The maximum absolute atomic E-state index is 13.3. The summed E-state index contributed by atoms with van der Waals surface area (Å²) in [5.74, 6) is -1.30.